The van der Waals surface area contributed by atoms with Gasteiger partial charge in [-0.25, -0.2) is 0 Å². The fourth-order valence-electron chi connectivity index (χ4n) is 4.07. The fraction of sp³-hybridized carbons (Fsp3) is 0.476. The van der Waals surface area contributed by atoms with Gasteiger partial charge in [-0.1, -0.05) is 29.8 Å². The van der Waals surface area contributed by atoms with E-state index in [1.165, 1.54) is 16.8 Å². The summed E-state index contributed by atoms with van der Waals surface area (Å²) in [5, 5.41) is 13.2. The summed E-state index contributed by atoms with van der Waals surface area (Å²) in [4.78, 5) is 27.1. The van der Waals surface area contributed by atoms with Crippen LogP contribution in [0.1, 0.15) is 40.9 Å². The number of aromatic nitrogens is 2. The van der Waals surface area contributed by atoms with Crippen LogP contribution in [0.2, 0.25) is 0 Å². The van der Waals surface area contributed by atoms with E-state index in [9.17, 15) is 9.59 Å². The maximum atomic E-state index is 12.5. The zero-order valence-electron chi connectivity index (χ0n) is 16.3. The van der Waals surface area contributed by atoms with Crippen molar-refractivity contribution in [1.29, 1.82) is 0 Å². The fourth-order valence-corrected chi connectivity index (χ4v) is 4.07. The first-order valence-corrected chi connectivity index (χ1v) is 9.99. The lowest BCUT2D eigenvalue weighted by Gasteiger charge is -2.34. The number of fused-ring (bicyclic) bond motifs is 1. The summed E-state index contributed by atoms with van der Waals surface area (Å²) >= 11 is 0. The first-order valence-electron chi connectivity index (χ1n) is 9.99. The Bertz CT molecular complexity index is 858. The molecule has 2 aromatic rings. The van der Waals surface area contributed by atoms with Crippen LogP contribution in [-0.4, -0.2) is 46.0 Å². The van der Waals surface area contributed by atoms with Gasteiger partial charge in [0.25, 0.3) is 0 Å². The van der Waals surface area contributed by atoms with Gasteiger partial charge in [0.1, 0.15) is 0 Å². The summed E-state index contributed by atoms with van der Waals surface area (Å²) in [7, 11) is 0. The van der Waals surface area contributed by atoms with Gasteiger partial charge in [-0.2, -0.15) is 5.10 Å². The molecule has 2 amide bonds. The number of hydrogen-bond donors (Lipinski definition) is 3. The number of nitrogens with zero attached hydrogens (tertiary/aromatic N) is 2. The van der Waals surface area contributed by atoms with Crippen molar-refractivity contribution in [2.45, 2.75) is 51.7 Å². The van der Waals surface area contributed by atoms with Gasteiger partial charge in [-0.05, 0) is 37.3 Å². The predicted molar refractivity (Wildman–Crippen MR) is 105 cm³/mol. The Labute approximate surface area is 164 Å². The molecule has 1 aliphatic carbocycles. The van der Waals surface area contributed by atoms with Crippen LogP contribution in [0.5, 0.6) is 0 Å². The monoisotopic (exact) mass is 381 g/mol. The van der Waals surface area contributed by atoms with Crippen molar-refractivity contribution in [3.8, 4) is 0 Å². The molecule has 0 spiro atoms. The number of amides is 2. The van der Waals surface area contributed by atoms with Crippen molar-refractivity contribution in [3.05, 3.63) is 52.3 Å². The Balaban J connectivity index is 1.36. The van der Waals surface area contributed by atoms with Crippen molar-refractivity contribution >= 4 is 11.8 Å². The number of piperazine rings is 1. The molecule has 4 rings (SSSR count). The van der Waals surface area contributed by atoms with Crippen molar-refractivity contribution in [3.63, 3.8) is 0 Å². The summed E-state index contributed by atoms with van der Waals surface area (Å²) < 4.78 is 0. The van der Waals surface area contributed by atoms with Crippen molar-refractivity contribution in [2.24, 2.45) is 0 Å². The molecular formula is C21H27N5O2. The van der Waals surface area contributed by atoms with Crippen molar-refractivity contribution < 1.29 is 9.59 Å². The number of carbonyl (C=O) groups excluding carboxylic acids is 2. The number of carbonyl (C=O) groups is 2. The highest BCUT2D eigenvalue weighted by Gasteiger charge is 2.31. The van der Waals surface area contributed by atoms with E-state index >= 15 is 0 Å². The van der Waals surface area contributed by atoms with Crippen LogP contribution in [0.4, 0.5) is 0 Å². The first kappa shape index (κ1) is 18.7. The summed E-state index contributed by atoms with van der Waals surface area (Å²) in [5.41, 5.74) is 5.72. The van der Waals surface area contributed by atoms with Gasteiger partial charge in [0.15, 0.2) is 0 Å². The van der Waals surface area contributed by atoms with E-state index in [4.69, 9.17) is 0 Å². The number of nitrogens with one attached hydrogen (secondary N) is 3. The summed E-state index contributed by atoms with van der Waals surface area (Å²) in [6.45, 7) is 4.49. The maximum Gasteiger partial charge on any atom is 0.237 e. The van der Waals surface area contributed by atoms with Crippen LogP contribution in [0.3, 0.4) is 0 Å². The average Bonchev–Trinajstić information content (AvgIpc) is 3.29. The molecule has 1 unspecified atom stereocenters. The summed E-state index contributed by atoms with van der Waals surface area (Å²) in [6.07, 6.45) is 3.35. The molecule has 2 aliphatic rings. The zero-order chi connectivity index (χ0) is 19.5. The van der Waals surface area contributed by atoms with Gasteiger partial charge in [-0.3, -0.25) is 19.6 Å². The number of aromatic amines is 1. The van der Waals surface area contributed by atoms with E-state index in [2.05, 4.69) is 56.9 Å². The van der Waals surface area contributed by atoms with E-state index in [1.807, 2.05) is 0 Å². The molecule has 1 atom stereocenters. The van der Waals surface area contributed by atoms with Crippen LogP contribution in [0.25, 0.3) is 0 Å². The third kappa shape index (κ3) is 4.09. The molecular weight excluding hydrogens is 354 g/mol. The van der Waals surface area contributed by atoms with Gasteiger partial charge in [0.2, 0.25) is 11.8 Å². The molecule has 1 saturated heterocycles. The third-order valence-electron chi connectivity index (χ3n) is 5.67. The van der Waals surface area contributed by atoms with Crippen LogP contribution < -0.4 is 10.6 Å². The van der Waals surface area contributed by atoms with E-state index in [0.717, 1.165) is 37.1 Å². The second-order valence-electron chi connectivity index (χ2n) is 7.72. The summed E-state index contributed by atoms with van der Waals surface area (Å²) in [5.74, 6) is -0.195. The number of rotatable bonds is 6. The molecule has 0 radical (unpaired) electrons. The van der Waals surface area contributed by atoms with Crippen LogP contribution in [0.15, 0.2) is 24.3 Å². The normalized spacial score (nSPS) is 19.3. The smallest absolute Gasteiger partial charge is 0.237 e. The maximum absolute atomic E-state index is 12.5. The Morgan fingerprint density at radius 3 is 2.93 bits per heavy atom. The average molecular weight is 381 g/mol. The Kier molecular flexibility index (Phi) is 5.43. The standard InChI is InChI=1S/C21H27N5O2/c1-14-5-7-15(8-6-14)13-26-10-9-22-21(28)19(26)11-20(27)23-12-18-16-3-2-4-17(16)24-25-18/h5-8,19H,2-4,9-13H2,1H3,(H,22,28)(H,23,27)(H,24,25). The molecule has 0 saturated carbocycles. The third-order valence-corrected chi connectivity index (χ3v) is 5.67. The molecule has 7 nitrogen and oxygen atoms in total. The summed E-state index contributed by atoms with van der Waals surface area (Å²) in [6, 6.07) is 7.86. The lowest BCUT2D eigenvalue weighted by Crippen LogP contribution is -2.56. The predicted octanol–water partition coefficient (Wildman–Crippen LogP) is 1.21. The Hall–Kier alpha value is -2.67. The molecule has 1 aromatic heterocycles. The minimum Gasteiger partial charge on any atom is -0.353 e. The second kappa shape index (κ2) is 8.14. The Morgan fingerprint density at radius 2 is 2.11 bits per heavy atom. The van der Waals surface area contributed by atoms with E-state index in [1.54, 1.807) is 0 Å². The second-order valence-corrected chi connectivity index (χ2v) is 7.72. The van der Waals surface area contributed by atoms with Crippen LogP contribution >= 0.6 is 0 Å². The molecule has 3 N–H and O–H groups in total. The van der Waals surface area contributed by atoms with Gasteiger partial charge in [-0.15, -0.1) is 0 Å². The van der Waals surface area contributed by atoms with Crippen LogP contribution in [0, 0.1) is 6.92 Å². The van der Waals surface area contributed by atoms with Gasteiger partial charge < -0.3 is 10.6 Å². The minimum atomic E-state index is -0.444. The lowest BCUT2D eigenvalue weighted by atomic mass is 10.1. The van der Waals surface area contributed by atoms with Crippen molar-refractivity contribution in [2.75, 3.05) is 13.1 Å². The SMILES string of the molecule is Cc1ccc(CN2CCNC(=O)C2CC(=O)NCc2n[nH]c3c2CCC3)cc1. The molecule has 1 aromatic carbocycles. The van der Waals surface area contributed by atoms with Gasteiger partial charge >= 0.3 is 0 Å². The van der Waals surface area contributed by atoms with E-state index in [-0.39, 0.29) is 18.2 Å². The highest BCUT2D eigenvalue weighted by Crippen LogP contribution is 2.22. The molecule has 7 heteroatoms. The molecule has 1 aliphatic heterocycles. The van der Waals surface area contributed by atoms with E-state index in [0.29, 0.717) is 19.6 Å². The topological polar surface area (TPSA) is 90.1 Å². The van der Waals surface area contributed by atoms with Gasteiger partial charge in [0, 0.05) is 25.3 Å². The molecule has 1 fully saturated rings. The minimum absolute atomic E-state index is 0.0748. The largest absolute Gasteiger partial charge is 0.353 e. The molecule has 28 heavy (non-hydrogen) atoms. The number of H-pyrrole nitrogens is 1. The quantitative estimate of drug-likeness (QED) is 0.702. The number of aryl methyl sites for hydroxylation is 2. The van der Waals surface area contributed by atoms with Crippen molar-refractivity contribution in [1.82, 2.24) is 25.7 Å². The molecule has 2 heterocycles. The van der Waals surface area contributed by atoms with E-state index < -0.39 is 6.04 Å². The Morgan fingerprint density at radius 1 is 1.29 bits per heavy atom. The van der Waals surface area contributed by atoms with Gasteiger partial charge in [0.05, 0.1) is 24.7 Å². The highest BCUT2D eigenvalue weighted by molar-refractivity contribution is 5.88. The zero-order valence-corrected chi connectivity index (χ0v) is 16.3. The molecule has 148 valence electrons. The first-order chi connectivity index (χ1) is 13.6. The van der Waals surface area contributed by atoms with Crippen LogP contribution in [-0.2, 0) is 35.5 Å². The number of benzene rings is 1. The molecule has 0 bridgehead atoms. The number of hydrogen-bond acceptors (Lipinski definition) is 4. The highest BCUT2D eigenvalue weighted by atomic mass is 16.2. The lowest BCUT2D eigenvalue weighted by molar-refractivity contribution is -0.134.